The zero-order chi connectivity index (χ0) is 32.3. The second-order valence-electron chi connectivity index (χ2n) is 12.0. The molecule has 10 nitrogen and oxygen atoms in total. The van der Waals surface area contributed by atoms with E-state index in [1.165, 1.54) is 0 Å². The minimum absolute atomic E-state index is 0.0233. The molecule has 238 valence electrons. The van der Waals surface area contributed by atoms with Crippen LogP contribution < -0.4 is 21.3 Å². The van der Waals surface area contributed by atoms with Crippen LogP contribution in [-0.2, 0) is 14.4 Å². The van der Waals surface area contributed by atoms with E-state index in [-0.39, 0.29) is 61.1 Å². The van der Waals surface area contributed by atoms with Crippen molar-refractivity contribution in [3.63, 3.8) is 0 Å². The number of carbonyl (C=O) groups is 3. The van der Waals surface area contributed by atoms with Gasteiger partial charge in [-0.25, -0.2) is 0 Å². The molecule has 0 saturated carbocycles. The van der Waals surface area contributed by atoms with Gasteiger partial charge < -0.3 is 36.6 Å². The van der Waals surface area contributed by atoms with Crippen molar-refractivity contribution in [2.75, 3.05) is 0 Å². The van der Waals surface area contributed by atoms with Gasteiger partial charge in [0.05, 0.1) is 12.1 Å². The zero-order valence-electron chi connectivity index (χ0n) is 25.8. The van der Waals surface area contributed by atoms with Crippen molar-refractivity contribution in [3.05, 3.63) is 80.4 Å². The van der Waals surface area contributed by atoms with Crippen LogP contribution in [0.3, 0.4) is 0 Å². The molecule has 7 N–H and O–H groups in total. The van der Waals surface area contributed by atoms with Gasteiger partial charge in [-0.15, -0.1) is 0 Å². The minimum Gasteiger partial charge on any atom is -0.495 e. The molecule has 0 aromatic heterocycles. The number of carboxylic acid groups (broad SMARTS) is 2. The molecule has 0 aromatic carbocycles. The average Bonchev–Trinajstić information content (AvgIpc) is 3.60. The Morgan fingerprint density at radius 1 is 0.955 bits per heavy atom. The first-order chi connectivity index (χ1) is 20.9. The van der Waals surface area contributed by atoms with E-state index in [4.69, 9.17) is 0 Å². The zero-order valence-corrected chi connectivity index (χ0v) is 26.7. The fourth-order valence-corrected chi connectivity index (χ4v) is 6.98. The van der Waals surface area contributed by atoms with E-state index in [0.717, 1.165) is 51.3 Å². The Morgan fingerprint density at radius 2 is 1.61 bits per heavy atom. The molecule has 0 bridgehead atoms. The van der Waals surface area contributed by atoms with E-state index in [1.807, 2.05) is 26.0 Å². The third-order valence-corrected chi connectivity index (χ3v) is 9.56. The molecular formula is C33H44N4O6S. The Balaban J connectivity index is 1.62. The molecule has 4 aliphatic rings. The average molecular weight is 625 g/mol. The molecule has 44 heavy (non-hydrogen) atoms. The van der Waals surface area contributed by atoms with Gasteiger partial charge in [-0.1, -0.05) is 26.5 Å². The molecule has 4 aliphatic heterocycles. The SMILES string of the molecule is C=C1C(CCC(=O)O)=C(/C=C2\NC(C[C@H]3NC(O)=C(CC)C3C)C(C)=C2CCC(=O)O)NC1C[C@@H]1NC(=O)C(C)=C1/C=C/S. The fraction of sp³-hybridized carbons (Fsp3) is 0.485. The summed E-state index contributed by atoms with van der Waals surface area (Å²) in [6.07, 6.45) is 6.24. The highest BCUT2D eigenvalue weighted by molar-refractivity contribution is 7.83. The number of nitrogens with one attached hydrogen (secondary N) is 4. The lowest BCUT2D eigenvalue weighted by molar-refractivity contribution is -0.137. The maximum Gasteiger partial charge on any atom is 0.303 e. The Bertz CT molecular complexity index is 1430. The molecule has 0 radical (unpaired) electrons. The standard InChI is InChI=1S/C33H44N4O6S/c1-6-20-16(2)26(36-33(20)43)13-24-17(3)21(7-9-30(38)39)27(34-24)15-28-22(8-10-31(40)41)18(4)25(35-28)14-29-23(11-12-44)19(5)32(42)37-29/h11-12,15-16,24-26,29,34-36,43-44H,4,6-10,13-14H2,1-3,5H3,(H,37,42)(H,38,39)(H,40,41)/b12-11+,27-15-/t16?,24?,25?,26-,29+/m1/s1. The van der Waals surface area contributed by atoms with Crippen LogP contribution in [0.15, 0.2) is 80.4 Å². The summed E-state index contributed by atoms with van der Waals surface area (Å²) in [6, 6.07) is -0.556. The van der Waals surface area contributed by atoms with Gasteiger partial charge in [0.15, 0.2) is 5.88 Å². The first-order valence-electron chi connectivity index (χ1n) is 15.2. The molecule has 0 aliphatic carbocycles. The van der Waals surface area contributed by atoms with Gasteiger partial charge >= 0.3 is 11.9 Å². The van der Waals surface area contributed by atoms with Gasteiger partial charge in [-0.05, 0) is 90.9 Å². The summed E-state index contributed by atoms with van der Waals surface area (Å²) in [5.74, 6) is -1.53. The van der Waals surface area contributed by atoms with Crippen LogP contribution in [-0.4, -0.2) is 57.3 Å². The van der Waals surface area contributed by atoms with Crippen molar-refractivity contribution in [2.24, 2.45) is 5.92 Å². The summed E-state index contributed by atoms with van der Waals surface area (Å²) < 4.78 is 0. The smallest absolute Gasteiger partial charge is 0.303 e. The van der Waals surface area contributed by atoms with E-state index in [1.54, 1.807) is 12.3 Å². The van der Waals surface area contributed by atoms with Gasteiger partial charge in [0.1, 0.15) is 0 Å². The summed E-state index contributed by atoms with van der Waals surface area (Å²) in [4.78, 5) is 35.5. The lowest BCUT2D eigenvalue weighted by Gasteiger charge is -2.23. The van der Waals surface area contributed by atoms with E-state index in [0.29, 0.717) is 24.8 Å². The highest BCUT2D eigenvalue weighted by Gasteiger charge is 2.37. The van der Waals surface area contributed by atoms with Gasteiger partial charge in [0, 0.05) is 47.8 Å². The summed E-state index contributed by atoms with van der Waals surface area (Å²) in [5, 5.41) is 44.4. The van der Waals surface area contributed by atoms with Crippen molar-refractivity contribution in [3.8, 4) is 0 Å². The number of carbonyl (C=O) groups excluding carboxylic acids is 1. The van der Waals surface area contributed by atoms with Crippen molar-refractivity contribution in [1.29, 1.82) is 0 Å². The molecule has 0 aromatic rings. The molecule has 3 unspecified atom stereocenters. The molecule has 4 heterocycles. The number of thiol groups is 1. The van der Waals surface area contributed by atoms with Crippen LogP contribution in [0.1, 0.15) is 72.6 Å². The van der Waals surface area contributed by atoms with Gasteiger partial charge in [0.25, 0.3) is 0 Å². The Kier molecular flexibility index (Phi) is 10.4. The van der Waals surface area contributed by atoms with Crippen LogP contribution >= 0.6 is 12.6 Å². The predicted molar refractivity (Wildman–Crippen MR) is 173 cm³/mol. The number of aliphatic hydroxyl groups excluding tert-OH is 1. The maximum absolute atomic E-state index is 12.4. The number of aliphatic hydroxyl groups is 1. The molecule has 5 atom stereocenters. The van der Waals surface area contributed by atoms with Crippen LogP contribution in [0.4, 0.5) is 0 Å². The van der Waals surface area contributed by atoms with E-state index in [2.05, 4.69) is 47.4 Å². The quantitative estimate of drug-likeness (QED) is 0.138. The van der Waals surface area contributed by atoms with E-state index in [9.17, 15) is 29.7 Å². The molecule has 11 heteroatoms. The molecule has 0 fully saturated rings. The fourth-order valence-electron chi connectivity index (χ4n) is 6.82. The third-order valence-electron chi connectivity index (χ3n) is 9.41. The van der Waals surface area contributed by atoms with Crippen molar-refractivity contribution < 1.29 is 29.7 Å². The maximum atomic E-state index is 12.4. The Morgan fingerprint density at radius 3 is 2.20 bits per heavy atom. The van der Waals surface area contributed by atoms with Gasteiger partial charge in [-0.2, -0.15) is 12.6 Å². The number of hydrogen-bond donors (Lipinski definition) is 8. The Hall–Kier alpha value is -3.86. The topological polar surface area (TPSA) is 160 Å². The van der Waals surface area contributed by atoms with Crippen LogP contribution in [0, 0.1) is 5.92 Å². The summed E-state index contributed by atoms with van der Waals surface area (Å²) in [7, 11) is 0. The van der Waals surface area contributed by atoms with Crippen molar-refractivity contribution in [2.45, 2.75) is 96.8 Å². The Labute approximate surface area is 264 Å². The van der Waals surface area contributed by atoms with E-state index < -0.39 is 11.9 Å². The first-order valence-corrected chi connectivity index (χ1v) is 15.7. The summed E-state index contributed by atoms with van der Waals surface area (Å²) >= 11 is 4.20. The minimum atomic E-state index is -0.915. The molecule has 4 rings (SSSR count). The number of rotatable bonds is 13. The second-order valence-corrected chi connectivity index (χ2v) is 12.3. The van der Waals surface area contributed by atoms with Crippen LogP contribution in [0.2, 0.25) is 0 Å². The van der Waals surface area contributed by atoms with E-state index >= 15 is 0 Å². The van der Waals surface area contributed by atoms with Gasteiger partial charge in [0.2, 0.25) is 5.91 Å². The number of hydrogen-bond acceptors (Lipinski definition) is 8. The monoisotopic (exact) mass is 624 g/mol. The highest BCUT2D eigenvalue weighted by Crippen LogP contribution is 2.38. The molecule has 0 spiro atoms. The summed E-state index contributed by atoms with van der Waals surface area (Å²) in [6.45, 7) is 12.2. The number of aliphatic carboxylic acids is 2. The summed E-state index contributed by atoms with van der Waals surface area (Å²) in [5.41, 5.74) is 7.56. The van der Waals surface area contributed by atoms with Gasteiger partial charge in [-0.3, -0.25) is 14.4 Å². The molecular weight excluding hydrogens is 580 g/mol. The second kappa shape index (κ2) is 13.8. The number of carboxylic acids is 2. The van der Waals surface area contributed by atoms with Crippen LogP contribution in [0.25, 0.3) is 0 Å². The van der Waals surface area contributed by atoms with Crippen LogP contribution in [0.5, 0.6) is 0 Å². The highest BCUT2D eigenvalue weighted by atomic mass is 32.1. The van der Waals surface area contributed by atoms with Crippen molar-refractivity contribution >= 4 is 30.5 Å². The largest absolute Gasteiger partial charge is 0.495 e. The third kappa shape index (κ3) is 6.93. The first kappa shape index (κ1) is 33.0. The normalized spacial score (nSPS) is 28.0. The number of amides is 1. The lowest BCUT2D eigenvalue weighted by atomic mass is 9.89. The molecule has 0 saturated heterocycles. The predicted octanol–water partition coefficient (Wildman–Crippen LogP) is 4.50. The molecule has 1 amide bonds. The van der Waals surface area contributed by atoms with Crippen molar-refractivity contribution in [1.82, 2.24) is 21.3 Å². The number of allylic oxidation sites excluding steroid dienone is 2. The lowest BCUT2D eigenvalue weighted by Crippen LogP contribution is -2.37.